The number of carbonyl (C=O) groups excluding carboxylic acids is 1. The number of para-hydroxylation sites is 1. The van der Waals surface area contributed by atoms with Gasteiger partial charge in [0.2, 0.25) is 5.43 Å². The van der Waals surface area contributed by atoms with E-state index >= 15 is 0 Å². The van der Waals surface area contributed by atoms with Gasteiger partial charge in [-0.15, -0.1) is 0 Å². The summed E-state index contributed by atoms with van der Waals surface area (Å²) in [5, 5.41) is 4.12. The van der Waals surface area contributed by atoms with Crippen LogP contribution in [0.15, 0.2) is 64.3 Å². The van der Waals surface area contributed by atoms with Crippen molar-refractivity contribution in [2.45, 2.75) is 18.2 Å². The summed E-state index contributed by atoms with van der Waals surface area (Å²) in [5.41, 5.74) is -0.329. The first-order valence-electron chi connectivity index (χ1n) is 10.1. The van der Waals surface area contributed by atoms with Crippen LogP contribution < -0.4 is 10.2 Å². The topological polar surface area (TPSA) is 98.6 Å². The van der Waals surface area contributed by atoms with Crippen LogP contribution in [0.2, 0.25) is 0 Å². The van der Waals surface area contributed by atoms with Gasteiger partial charge >= 0.3 is 0 Å². The third kappa shape index (κ3) is 5.83. The highest BCUT2D eigenvalue weighted by Gasteiger charge is 2.20. The second kappa shape index (κ2) is 9.95. The maximum atomic E-state index is 14.2. The molecule has 0 radical (unpaired) electrons. The molecule has 1 heterocycles. The molecule has 0 atom stereocenters. The van der Waals surface area contributed by atoms with Gasteiger partial charge in [-0.25, -0.2) is 17.5 Å². The molecule has 1 aromatic heterocycles. The minimum absolute atomic E-state index is 0.136. The maximum absolute atomic E-state index is 14.2. The van der Waals surface area contributed by atoms with Gasteiger partial charge in [-0.2, -0.15) is 5.10 Å². The normalized spacial score (nSPS) is 11.3. The first kappa shape index (κ1) is 24.1. The lowest BCUT2D eigenvalue weighted by Gasteiger charge is -2.18. The van der Waals surface area contributed by atoms with Gasteiger partial charge in [0.05, 0.1) is 11.5 Å². The van der Waals surface area contributed by atoms with Gasteiger partial charge in [-0.3, -0.25) is 9.59 Å². The van der Waals surface area contributed by atoms with Crippen LogP contribution in [-0.4, -0.2) is 55.5 Å². The molecule has 0 aliphatic rings. The average molecular weight is 474 g/mol. The van der Waals surface area contributed by atoms with E-state index < -0.39 is 27.0 Å². The van der Waals surface area contributed by atoms with Crippen molar-refractivity contribution in [2.75, 3.05) is 26.5 Å². The van der Waals surface area contributed by atoms with Crippen LogP contribution in [0.1, 0.15) is 22.6 Å². The van der Waals surface area contributed by atoms with Crippen molar-refractivity contribution >= 4 is 15.7 Å². The van der Waals surface area contributed by atoms with Crippen LogP contribution >= 0.6 is 0 Å². The van der Waals surface area contributed by atoms with E-state index in [-0.39, 0.29) is 29.4 Å². The van der Waals surface area contributed by atoms with Gasteiger partial charge in [0.15, 0.2) is 15.5 Å². The largest absolute Gasteiger partial charge is 0.493 e. The molecule has 3 rings (SSSR count). The zero-order valence-corrected chi connectivity index (χ0v) is 19.3. The Kier molecular flexibility index (Phi) is 7.27. The van der Waals surface area contributed by atoms with E-state index in [2.05, 4.69) is 5.10 Å². The molecule has 10 heteroatoms. The van der Waals surface area contributed by atoms with Crippen LogP contribution in [0.3, 0.4) is 0 Å². The van der Waals surface area contributed by atoms with Gasteiger partial charge in [-0.05, 0) is 43.7 Å². The zero-order valence-electron chi connectivity index (χ0n) is 18.5. The number of ether oxygens (including phenoxy) is 1. The summed E-state index contributed by atoms with van der Waals surface area (Å²) in [5.74, 6) is -0.718. The Morgan fingerprint density at radius 2 is 1.88 bits per heavy atom. The van der Waals surface area contributed by atoms with E-state index in [0.717, 1.165) is 6.26 Å². The molecule has 0 aliphatic carbocycles. The van der Waals surface area contributed by atoms with Crippen LogP contribution in [0.25, 0.3) is 5.69 Å². The molecule has 0 spiro atoms. The number of hydrogen-bond acceptors (Lipinski definition) is 6. The highest BCUT2D eigenvalue weighted by molar-refractivity contribution is 7.90. The number of nitrogens with zero attached hydrogens (tertiary/aromatic N) is 3. The number of carbonyl (C=O) groups is 1. The van der Waals surface area contributed by atoms with Crippen LogP contribution in [-0.2, 0) is 9.84 Å². The molecule has 33 heavy (non-hydrogen) atoms. The molecule has 0 unspecified atom stereocenters. The number of halogens is 1. The molecule has 0 saturated carbocycles. The Morgan fingerprint density at radius 3 is 2.58 bits per heavy atom. The SMILES string of the molecule is Cc1cc(=O)c(C(=O)N(C)CCCOc2cccc(S(C)(=O)=O)c2)nn1-c1ccccc1F. The van der Waals surface area contributed by atoms with Crippen LogP contribution in [0.5, 0.6) is 5.75 Å². The number of sulfone groups is 1. The molecule has 1 amide bonds. The predicted octanol–water partition coefficient (Wildman–Crippen LogP) is 2.62. The quantitative estimate of drug-likeness (QED) is 0.467. The molecule has 0 bridgehead atoms. The number of benzene rings is 2. The minimum atomic E-state index is -3.34. The highest BCUT2D eigenvalue weighted by atomic mass is 32.2. The fourth-order valence-electron chi connectivity index (χ4n) is 3.13. The van der Waals surface area contributed by atoms with Gasteiger partial charge in [0, 0.05) is 31.6 Å². The van der Waals surface area contributed by atoms with Crippen molar-refractivity contribution in [1.29, 1.82) is 0 Å². The third-order valence-corrected chi connectivity index (χ3v) is 5.99. The average Bonchev–Trinajstić information content (AvgIpc) is 2.76. The molecule has 0 aliphatic heterocycles. The molecule has 2 aromatic carbocycles. The Bertz CT molecular complexity index is 1340. The number of amides is 1. The van der Waals surface area contributed by atoms with Crippen molar-refractivity contribution < 1.29 is 22.3 Å². The summed E-state index contributed by atoms with van der Waals surface area (Å²) < 4.78 is 44.3. The lowest BCUT2D eigenvalue weighted by Crippen LogP contribution is -2.34. The lowest BCUT2D eigenvalue weighted by molar-refractivity contribution is 0.0778. The van der Waals surface area contributed by atoms with E-state index in [1.54, 1.807) is 25.1 Å². The minimum Gasteiger partial charge on any atom is -0.493 e. The lowest BCUT2D eigenvalue weighted by atomic mass is 10.2. The molecular weight excluding hydrogens is 449 g/mol. The van der Waals surface area contributed by atoms with E-state index in [1.807, 2.05) is 0 Å². The smallest absolute Gasteiger partial charge is 0.278 e. The number of aryl methyl sites for hydroxylation is 1. The summed E-state index contributed by atoms with van der Waals surface area (Å²) in [6, 6.07) is 13.4. The maximum Gasteiger partial charge on any atom is 0.278 e. The fraction of sp³-hybridized carbons (Fsp3) is 0.261. The van der Waals surface area contributed by atoms with E-state index in [0.29, 0.717) is 17.9 Å². The Balaban J connectivity index is 1.66. The molecule has 0 fully saturated rings. The van der Waals surface area contributed by atoms with Crippen LogP contribution in [0.4, 0.5) is 4.39 Å². The zero-order chi connectivity index (χ0) is 24.2. The van der Waals surface area contributed by atoms with Gasteiger partial charge < -0.3 is 9.64 Å². The van der Waals surface area contributed by atoms with Crippen molar-refractivity contribution in [3.05, 3.63) is 82.0 Å². The molecular formula is C23H24FN3O5S. The molecule has 0 saturated heterocycles. The van der Waals surface area contributed by atoms with E-state index in [9.17, 15) is 22.4 Å². The number of hydrogen-bond donors (Lipinski definition) is 0. The fourth-order valence-corrected chi connectivity index (χ4v) is 3.79. The molecule has 8 nitrogen and oxygen atoms in total. The van der Waals surface area contributed by atoms with Crippen molar-refractivity contribution in [2.24, 2.45) is 0 Å². The van der Waals surface area contributed by atoms with Gasteiger partial charge in [0.1, 0.15) is 17.3 Å². The molecule has 3 aromatic rings. The van der Waals surface area contributed by atoms with Gasteiger partial charge in [-0.1, -0.05) is 18.2 Å². The first-order chi connectivity index (χ1) is 15.6. The predicted molar refractivity (Wildman–Crippen MR) is 121 cm³/mol. The van der Waals surface area contributed by atoms with Crippen molar-refractivity contribution in [1.82, 2.24) is 14.7 Å². The first-order valence-corrected chi connectivity index (χ1v) is 12.0. The van der Waals surface area contributed by atoms with Gasteiger partial charge in [0.25, 0.3) is 5.91 Å². The van der Waals surface area contributed by atoms with Crippen molar-refractivity contribution in [3.63, 3.8) is 0 Å². The summed E-state index contributed by atoms with van der Waals surface area (Å²) in [7, 11) is -1.81. The monoisotopic (exact) mass is 473 g/mol. The summed E-state index contributed by atoms with van der Waals surface area (Å²) in [6.45, 7) is 2.10. The second-order valence-electron chi connectivity index (χ2n) is 7.54. The highest BCUT2D eigenvalue weighted by Crippen LogP contribution is 2.17. The molecule has 174 valence electrons. The van der Waals surface area contributed by atoms with Crippen molar-refractivity contribution in [3.8, 4) is 11.4 Å². The van der Waals surface area contributed by atoms with E-state index in [4.69, 9.17) is 4.74 Å². The second-order valence-corrected chi connectivity index (χ2v) is 9.55. The number of aromatic nitrogens is 2. The standard InChI is InChI=1S/C23H24FN3O5S/c1-16-14-21(28)22(25-27(16)20-11-5-4-10-19(20)24)23(29)26(2)12-7-13-32-17-8-6-9-18(15-17)33(3,30)31/h4-6,8-11,14-15H,7,12-13H2,1-3H3. The summed E-state index contributed by atoms with van der Waals surface area (Å²) in [4.78, 5) is 26.7. The Labute approximate surface area is 191 Å². The summed E-state index contributed by atoms with van der Waals surface area (Å²) in [6.07, 6.45) is 1.55. The summed E-state index contributed by atoms with van der Waals surface area (Å²) >= 11 is 0. The molecule has 0 N–H and O–H groups in total. The Hall–Kier alpha value is -3.53. The van der Waals surface area contributed by atoms with E-state index in [1.165, 1.54) is 53.0 Å². The number of rotatable bonds is 8. The third-order valence-electron chi connectivity index (χ3n) is 4.88. The van der Waals surface area contributed by atoms with Crippen LogP contribution in [0, 0.1) is 12.7 Å². The Morgan fingerprint density at radius 1 is 1.15 bits per heavy atom.